The smallest absolute Gasteiger partial charge is 0.328 e. The highest BCUT2D eigenvalue weighted by molar-refractivity contribution is 5.71. The lowest BCUT2D eigenvalue weighted by molar-refractivity contribution is 0.635. The predicted molar refractivity (Wildman–Crippen MR) is 224 cm³/mol. The van der Waals surface area contributed by atoms with E-state index < -0.39 is 65.4 Å². The quantitative estimate of drug-likeness (QED) is 0.184. The number of nitrogens with zero attached hydrogens (tertiary/aromatic N) is 16. The largest absolute Gasteiger partial charge is 0.332 e. The van der Waals surface area contributed by atoms with E-state index in [-0.39, 0.29) is 64.0 Å². The fourth-order valence-electron chi connectivity index (χ4n) is 6.24. The van der Waals surface area contributed by atoms with Gasteiger partial charge in [0.25, 0.3) is 22.2 Å². The van der Waals surface area contributed by atoms with Gasteiger partial charge in [-0.2, -0.15) is 0 Å². The SMILES string of the molecule is [2H]C([2H])(C)n1c(=O)c2c(ncn2C)n(C)c1=O.[2H]C([2H])([2H])n1c(=O)n(CC)c(=O)c2c1ncn2C.[2H]C([2H])([2H])n1cnc2c1c(=O)n(CC)c(=O)n2C.[2H]c1nc2c(c(=O)n(CC)c(=O)n2C)n1C. The Hall–Kier alpha value is -7.40. The molecule has 24 heteroatoms. The fraction of sp³-hybridized carbons (Fsp3) is 0.444. The second-order valence-corrected chi connectivity index (χ2v) is 12.9. The monoisotopic (exact) mass is 841 g/mol. The predicted octanol–water partition coefficient (Wildman–Crippen LogP) is -2.19. The number of hydrogen-bond donors (Lipinski definition) is 0. The van der Waals surface area contributed by atoms with E-state index >= 15 is 0 Å². The Morgan fingerprint density at radius 3 is 1.15 bits per heavy atom. The van der Waals surface area contributed by atoms with Gasteiger partial charge in [0.15, 0.2) is 44.7 Å². The molecule has 60 heavy (non-hydrogen) atoms. The number of fused-ring (bicyclic) bond motifs is 4. The third kappa shape index (κ3) is 7.08. The Bertz CT molecular complexity index is 3820. The van der Waals surface area contributed by atoms with Crippen LogP contribution in [0.3, 0.4) is 0 Å². The van der Waals surface area contributed by atoms with Crippen molar-refractivity contribution in [2.75, 3.05) is 0 Å². The minimum Gasteiger partial charge on any atom is -0.328 e. The lowest BCUT2D eigenvalue weighted by Crippen LogP contribution is -2.39. The summed E-state index contributed by atoms with van der Waals surface area (Å²) in [5.74, 6) is 0. The molecule has 0 saturated heterocycles. The molecule has 8 aromatic heterocycles. The lowest BCUT2D eigenvalue weighted by atomic mass is 10.5. The first-order chi connectivity index (χ1) is 31.8. The first kappa shape index (κ1) is 32.5. The van der Waals surface area contributed by atoms with E-state index in [1.54, 1.807) is 49.0 Å². The molecule has 0 aromatic carbocycles. The zero-order chi connectivity index (χ0) is 52.3. The summed E-state index contributed by atoms with van der Waals surface area (Å²) in [4.78, 5) is 111. The molecule has 0 radical (unpaired) electrons. The highest BCUT2D eigenvalue weighted by Gasteiger charge is 2.16. The van der Waals surface area contributed by atoms with Gasteiger partial charge in [0.2, 0.25) is 0 Å². The van der Waals surface area contributed by atoms with Crippen LogP contribution in [0.25, 0.3) is 44.7 Å². The van der Waals surface area contributed by atoms with Crippen LogP contribution in [0.2, 0.25) is 0 Å². The summed E-state index contributed by atoms with van der Waals surface area (Å²) >= 11 is 0. The van der Waals surface area contributed by atoms with Crippen LogP contribution in [0.1, 0.15) is 40.0 Å². The van der Waals surface area contributed by atoms with Crippen LogP contribution >= 0.6 is 0 Å². The maximum atomic E-state index is 12.1. The minimum absolute atomic E-state index is 0.0315. The first-order valence-electron chi connectivity index (χ1n) is 22.4. The van der Waals surface area contributed by atoms with Crippen LogP contribution in [-0.2, 0) is 82.4 Å². The molecule has 0 saturated carbocycles. The molecule has 0 fully saturated rings. The van der Waals surface area contributed by atoms with Gasteiger partial charge in [0, 0.05) is 93.3 Å². The maximum Gasteiger partial charge on any atom is 0.332 e. The molecule has 8 heterocycles. The molecule has 0 spiro atoms. The molecule has 0 bridgehead atoms. The van der Waals surface area contributed by atoms with Crippen LogP contribution in [0.15, 0.2) is 63.6 Å². The number of hydrogen-bond acceptors (Lipinski definition) is 12. The average molecular weight is 842 g/mol. The molecule has 0 N–H and O–H groups in total. The van der Waals surface area contributed by atoms with Gasteiger partial charge in [-0.1, -0.05) is 0 Å². The zero-order valence-corrected chi connectivity index (χ0v) is 34.3. The second-order valence-electron chi connectivity index (χ2n) is 12.9. The van der Waals surface area contributed by atoms with Crippen molar-refractivity contribution in [1.82, 2.24) is 74.7 Å². The van der Waals surface area contributed by atoms with Gasteiger partial charge in [-0.3, -0.25) is 55.7 Å². The summed E-state index contributed by atoms with van der Waals surface area (Å²) in [6.45, 7) is -0.498. The number of rotatable bonds is 4. The van der Waals surface area contributed by atoms with Crippen molar-refractivity contribution >= 4 is 44.7 Å². The van der Waals surface area contributed by atoms with Crippen molar-refractivity contribution in [2.24, 2.45) is 56.2 Å². The molecular formula is C36H48N16O8. The van der Waals surface area contributed by atoms with Gasteiger partial charge >= 0.3 is 22.8 Å². The van der Waals surface area contributed by atoms with E-state index in [1.807, 2.05) is 0 Å². The third-order valence-electron chi connectivity index (χ3n) is 9.46. The number of aryl methyl sites for hydroxylation is 8. The molecule has 8 rings (SSSR count). The van der Waals surface area contributed by atoms with Crippen molar-refractivity contribution in [3.8, 4) is 0 Å². The summed E-state index contributed by atoms with van der Waals surface area (Å²) in [6.07, 6.45) is 3.75. The topological polar surface area (TPSA) is 247 Å². The molecule has 0 aliphatic rings. The minimum atomic E-state index is -2.67. The van der Waals surface area contributed by atoms with E-state index in [0.717, 1.165) is 36.1 Å². The van der Waals surface area contributed by atoms with E-state index in [4.69, 9.17) is 12.3 Å². The summed E-state index contributed by atoms with van der Waals surface area (Å²) in [7, 11) is 9.24. The van der Waals surface area contributed by atoms with E-state index in [0.29, 0.717) is 15.7 Å². The van der Waals surface area contributed by atoms with Crippen LogP contribution < -0.4 is 45.0 Å². The highest BCUT2D eigenvalue weighted by atomic mass is 16.2. The molecule has 0 unspecified atom stereocenters. The van der Waals surface area contributed by atoms with E-state index in [9.17, 15) is 38.4 Å². The molecule has 0 aliphatic carbocycles. The van der Waals surface area contributed by atoms with Crippen molar-refractivity contribution < 1.29 is 12.3 Å². The standard InChI is InChI=1S/4C9H12N4O2/c4*1-4-13-8(14)6-7(10-5-11(6)2)12(3)9(13)15/h4*5H,4H2,1-3H3/i5D;4D2;3D3;2D3. The molecule has 0 atom stereocenters. The van der Waals surface area contributed by atoms with Crippen LogP contribution in [0, 0.1) is 0 Å². The van der Waals surface area contributed by atoms with Crippen LogP contribution in [0.4, 0.5) is 0 Å². The van der Waals surface area contributed by atoms with E-state index in [1.165, 1.54) is 49.6 Å². The third-order valence-corrected chi connectivity index (χ3v) is 9.46. The molecular weight excluding hydrogens is 784 g/mol. The first-order valence-corrected chi connectivity index (χ1v) is 17.9. The van der Waals surface area contributed by atoms with Gasteiger partial charge in [-0.25, -0.2) is 39.1 Å². The van der Waals surface area contributed by atoms with Gasteiger partial charge in [0.1, 0.15) is 1.37 Å². The van der Waals surface area contributed by atoms with Gasteiger partial charge in [0.05, 0.1) is 25.3 Å². The Kier molecular flexibility index (Phi) is 9.13. The van der Waals surface area contributed by atoms with E-state index in [2.05, 4.69) is 19.9 Å². The number of imidazole rings is 4. The summed E-state index contributed by atoms with van der Waals surface area (Å²) < 4.78 is 79.6. The van der Waals surface area contributed by atoms with Crippen molar-refractivity contribution in [2.45, 2.75) is 53.8 Å². The fourth-order valence-corrected chi connectivity index (χ4v) is 6.24. The molecule has 0 amide bonds. The molecule has 0 aliphatic heterocycles. The van der Waals surface area contributed by atoms with Crippen LogP contribution in [-0.4, -0.2) is 74.7 Å². The summed E-state index contributed by atoms with van der Waals surface area (Å²) in [6, 6.07) is 0. The van der Waals surface area contributed by atoms with Gasteiger partial charge < -0.3 is 18.3 Å². The highest BCUT2D eigenvalue weighted by Crippen LogP contribution is 2.05. The zero-order valence-electron chi connectivity index (χ0n) is 43.3. The molecule has 24 nitrogen and oxygen atoms in total. The summed E-state index contributed by atoms with van der Waals surface area (Å²) in [5, 5.41) is 0. The Labute approximate surface area is 350 Å². The maximum absolute atomic E-state index is 12.1. The van der Waals surface area contributed by atoms with Crippen LogP contribution in [0.5, 0.6) is 0 Å². The Morgan fingerprint density at radius 2 is 0.767 bits per heavy atom. The Balaban J connectivity index is 0.000000172. The van der Waals surface area contributed by atoms with Crippen molar-refractivity contribution in [3.63, 3.8) is 0 Å². The van der Waals surface area contributed by atoms with Crippen molar-refractivity contribution in [3.05, 3.63) is 109 Å². The average Bonchev–Trinajstić information content (AvgIpc) is 4.04. The second kappa shape index (κ2) is 16.8. The van der Waals surface area contributed by atoms with Gasteiger partial charge in [-0.15, -0.1) is 0 Å². The molecule has 8 aromatic rings. The Morgan fingerprint density at radius 1 is 0.450 bits per heavy atom. The summed E-state index contributed by atoms with van der Waals surface area (Å²) in [5.41, 5.74) is -3.74. The lowest BCUT2D eigenvalue weighted by Gasteiger charge is -2.05. The van der Waals surface area contributed by atoms with Crippen molar-refractivity contribution in [1.29, 1.82) is 0 Å². The normalized spacial score (nSPS) is 14.0. The molecule has 320 valence electrons. The number of aromatic nitrogens is 16. The van der Waals surface area contributed by atoms with Gasteiger partial charge in [-0.05, 0) is 27.7 Å².